The van der Waals surface area contributed by atoms with E-state index in [2.05, 4.69) is 5.32 Å². The molecule has 6 heteroatoms. The van der Waals surface area contributed by atoms with Gasteiger partial charge in [0, 0.05) is 5.69 Å². The number of benzene rings is 2. The van der Waals surface area contributed by atoms with Gasteiger partial charge in [0.2, 0.25) is 0 Å². The number of ether oxygens (including phenoxy) is 1. The van der Waals surface area contributed by atoms with Gasteiger partial charge in [0.05, 0.1) is 5.56 Å². The van der Waals surface area contributed by atoms with Crippen molar-refractivity contribution in [1.82, 2.24) is 0 Å². The maximum absolute atomic E-state index is 13.1. The Hall–Kier alpha value is -2.76. The van der Waals surface area contributed by atoms with Crippen LogP contribution in [0.4, 0.5) is 14.5 Å². The summed E-state index contributed by atoms with van der Waals surface area (Å²) >= 11 is 0. The van der Waals surface area contributed by atoms with E-state index in [0.29, 0.717) is 5.69 Å². The molecule has 114 valence electrons. The van der Waals surface area contributed by atoms with Gasteiger partial charge in [0.15, 0.2) is 12.4 Å². The zero-order chi connectivity index (χ0) is 16.1. The van der Waals surface area contributed by atoms with Gasteiger partial charge in [-0.1, -0.05) is 0 Å². The van der Waals surface area contributed by atoms with E-state index in [-0.39, 0.29) is 23.7 Å². The Labute approximate surface area is 125 Å². The summed E-state index contributed by atoms with van der Waals surface area (Å²) in [4.78, 5) is 23.1. The second-order valence-electron chi connectivity index (χ2n) is 4.54. The Balaban J connectivity index is 1.99. The van der Waals surface area contributed by atoms with E-state index < -0.39 is 17.5 Å². The molecule has 0 fully saturated rings. The highest BCUT2D eigenvalue weighted by atomic mass is 19.1. The molecule has 1 N–H and O–H groups in total. The van der Waals surface area contributed by atoms with Crippen LogP contribution in [0.25, 0.3) is 0 Å². The van der Waals surface area contributed by atoms with Gasteiger partial charge in [-0.25, -0.2) is 8.78 Å². The molecule has 22 heavy (non-hydrogen) atoms. The smallest absolute Gasteiger partial charge is 0.262 e. The summed E-state index contributed by atoms with van der Waals surface area (Å²) in [5.41, 5.74) is 0.482. The molecule has 1 amide bonds. The van der Waals surface area contributed by atoms with Crippen molar-refractivity contribution in [3.05, 3.63) is 59.7 Å². The van der Waals surface area contributed by atoms with Crippen molar-refractivity contribution >= 4 is 17.4 Å². The van der Waals surface area contributed by atoms with E-state index >= 15 is 0 Å². The minimum absolute atomic E-state index is 0.0644. The van der Waals surface area contributed by atoms with Crippen molar-refractivity contribution in [2.75, 3.05) is 11.9 Å². The summed E-state index contributed by atoms with van der Waals surface area (Å²) in [6.07, 6.45) is 0. The predicted molar refractivity (Wildman–Crippen MR) is 76.9 cm³/mol. The Morgan fingerprint density at radius 2 is 1.68 bits per heavy atom. The third-order valence-electron chi connectivity index (χ3n) is 2.81. The lowest BCUT2D eigenvalue weighted by Gasteiger charge is -2.10. The van der Waals surface area contributed by atoms with Crippen molar-refractivity contribution in [2.24, 2.45) is 0 Å². The molecule has 0 unspecified atom stereocenters. The van der Waals surface area contributed by atoms with Gasteiger partial charge in [-0.2, -0.15) is 0 Å². The number of halogens is 2. The minimum atomic E-state index is -0.562. The average molecular weight is 305 g/mol. The molecule has 0 bridgehead atoms. The topological polar surface area (TPSA) is 55.4 Å². The zero-order valence-electron chi connectivity index (χ0n) is 11.7. The largest absolute Gasteiger partial charge is 0.483 e. The Morgan fingerprint density at radius 3 is 2.32 bits per heavy atom. The summed E-state index contributed by atoms with van der Waals surface area (Å²) in [5, 5.41) is 2.51. The molecule has 0 aliphatic carbocycles. The predicted octanol–water partition coefficient (Wildman–Crippen LogP) is 3.18. The molecular weight excluding hydrogens is 292 g/mol. The van der Waals surface area contributed by atoms with E-state index in [1.54, 1.807) is 0 Å². The molecule has 0 aliphatic heterocycles. The first-order valence-electron chi connectivity index (χ1n) is 6.44. The molecule has 0 saturated carbocycles. The van der Waals surface area contributed by atoms with Crippen LogP contribution in [0, 0.1) is 11.6 Å². The number of amides is 1. The fourth-order valence-corrected chi connectivity index (χ4v) is 1.78. The van der Waals surface area contributed by atoms with E-state index in [0.717, 1.165) is 12.1 Å². The Kier molecular flexibility index (Phi) is 4.83. The fourth-order valence-electron chi connectivity index (χ4n) is 1.78. The van der Waals surface area contributed by atoms with Crippen LogP contribution < -0.4 is 10.1 Å². The maximum Gasteiger partial charge on any atom is 0.262 e. The number of hydrogen-bond acceptors (Lipinski definition) is 3. The summed E-state index contributed by atoms with van der Waals surface area (Å²) in [6.45, 7) is 0.920. The van der Waals surface area contributed by atoms with Gasteiger partial charge >= 0.3 is 0 Å². The minimum Gasteiger partial charge on any atom is -0.483 e. The summed E-state index contributed by atoms with van der Waals surface area (Å²) in [6, 6.07) is 8.72. The van der Waals surface area contributed by atoms with E-state index in [4.69, 9.17) is 4.74 Å². The van der Waals surface area contributed by atoms with Crippen LogP contribution in [-0.4, -0.2) is 18.3 Å². The van der Waals surface area contributed by atoms with Gasteiger partial charge in [-0.3, -0.25) is 9.59 Å². The van der Waals surface area contributed by atoms with Gasteiger partial charge in [0.1, 0.15) is 17.4 Å². The molecule has 2 aromatic rings. The average Bonchev–Trinajstić information content (AvgIpc) is 2.48. The number of nitrogens with one attached hydrogen (secondary N) is 1. The maximum atomic E-state index is 13.1. The van der Waals surface area contributed by atoms with Crippen molar-refractivity contribution in [2.45, 2.75) is 6.92 Å². The number of anilines is 1. The van der Waals surface area contributed by atoms with Crippen LogP contribution in [-0.2, 0) is 4.79 Å². The molecule has 0 heterocycles. The monoisotopic (exact) mass is 305 g/mol. The lowest BCUT2D eigenvalue weighted by atomic mass is 10.1. The molecule has 0 radical (unpaired) electrons. The van der Waals surface area contributed by atoms with E-state index in [1.807, 2.05) is 0 Å². The summed E-state index contributed by atoms with van der Waals surface area (Å²) in [5.74, 6) is -1.69. The highest BCUT2D eigenvalue weighted by molar-refractivity contribution is 5.97. The van der Waals surface area contributed by atoms with Crippen LogP contribution in [0.1, 0.15) is 17.3 Å². The molecule has 2 aromatic carbocycles. The van der Waals surface area contributed by atoms with Crippen molar-refractivity contribution < 1.29 is 23.1 Å². The van der Waals surface area contributed by atoms with Crippen LogP contribution in [0.2, 0.25) is 0 Å². The van der Waals surface area contributed by atoms with E-state index in [1.165, 1.54) is 37.3 Å². The van der Waals surface area contributed by atoms with Crippen molar-refractivity contribution in [3.63, 3.8) is 0 Å². The van der Waals surface area contributed by atoms with E-state index in [9.17, 15) is 18.4 Å². The van der Waals surface area contributed by atoms with Gasteiger partial charge in [-0.05, 0) is 49.4 Å². The normalized spacial score (nSPS) is 10.1. The fraction of sp³-hybridized carbons (Fsp3) is 0.125. The van der Waals surface area contributed by atoms with Crippen LogP contribution >= 0.6 is 0 Å². The lowest BCUT2D eigenvalue weighted by molar-refractivity contribution is -0.118. The number of ketones is 1. The second kappa shape index (κ2) is 6.80. The lowest BCUT2D eigenvalue weighted by Crippen LogP contribution is -2.20. The molecular formula is C16H13F2NO3. The molecule has 2 rings (SSSR count). The first-order valence-corrected chi connectivity index (χ1v) is 6.44. The highest BCUT2D eigenvalue weighted by Gasteiger charge is 2.12. The third-order valence-corrected chi connectivity index (χ3v) is 2.81. The highest BCUT2D eigenvalue weighted by Crippen LogP contribution is 2.20. The van der Waals surface area contributed by atoms with Gasteiger partial charge in [0.25, 0.3) is 5.91 Å². The third kappa shape index (κ3) is 4.12. The first kappa shape index (κ1) is 15.6. The molecule has 0 aliphatic rings. The number of Topliss-reactive ketones (excluding diaryl/α,β-unsaturated/α-hetero) is 1. The number of rotatable bonds is 5. The standard InChI is InChI=1S/C16H13F2NO3/c1-10(20)14-8-12(18)4-7-15(14)22-9-16(21)19-13-5-2-11(17)3-6-13/h2-8H,9H2,1H3,(H,19,21). The van der Waals surface area contributed by atoms with Gasteiger partial charge in [-0.15, -0.1) is 0 Å². The number of carbonyl (C=O) groups is 2. The van der Waals surface area contributed by atoms with Crippen LogP contribution in [0.3, 0.4) is 0 Å². The van der Waals surface area contributed by atoms with Crippen LogP contribution in [0.5, 0.6) is 5.75 Å². The molecule has 0 spiro atoms. The second-order valence-corrected chi connectivity index (χ2v) is 4.54. The first-order chi connectivity index (χ1) is 10.5. The summed E-state index contributed by atoms with van der Waals surface area (Å²) in [7, 11) is 0. The zero-order valence-corrected chi connectivity index (χ0v) is 11.7. The molecule has 0 atom stereocenters. The van der Waals surface area contributed by atoms with Crippen molar-refractivity contribution in [1.29, 1.82) is 0 Å². The number of carbonyl (C=O) groups excluding carboxylic acids is 2. The van der Waals surface area contributed by atoms with Gasteiger partial charge < -0.3 is 10.1 Å². The van der Waals surface area contributed by atoms with Crippen LogP contribution in [0.15, 0.2) is 42.5 Å². The Morgan fingerprint density at radius 1 is 1.05 bits per heavy atom. The van der Waals surface area contributed by atoms with Crippen molar-refractivity contribution in [3.8, 4) is 5.75 Å². The summed E-state index contributed by atoms with van der Waals surface area (Å²) < 4.78 is 31.1. The quantitative estimate of drug-likeness (QED) is 0.863. The molecule has 4 nitrogen and oxygen atoms in total. The molecule has 0 aromatic heterocycles. The number of hydrogen-bond donors (Lipinski definition) is 1. The molecule has 0 saturated heterocycles. The SMILES string of the molecule is CC(=O)c1cc(F)ccc1OCC(=O)Nc1ccc(F)cc1. The Bertz CT molecular complexity index is 699.